The zero-order valence-electron chi connectivity index (χ0n) is 15.1. The van der Waals surface area contributed by atoms with Crippen LogP contribution in [0.5, 0.6) is 5.75 Å². The van der Waals surface area contributed by atoms with Crippen molar-refractivity contribution >= 4 is 17.4 Å². The number of nitrogens with one attached hydrogen (secondary N) is 1. The molecule has 0 spiro atoms. The van der Waals surface area contributed by atoms with Gasteiger partial charge >= 0.3 is 6.36 Å². The molecule has 3 rings (SSSR count). The van der Waals surface area contributed by atoms with Gasteiger partial charge in [0.1, 0.15) is 17.4 Å². The first kappa shape index (κ1) is 20.5. The van der Waals surface area contributed by atoms with E-state index in [2.05, 4.69) is 20.0 Å². The van der Waals surface area contributed by atoms with E-state index in [1.165, 1.54) is 23.0 Å². The number of aromatic nitrogens is 2. The second-order valence-electron chi connectivity index (χ2n) is 6.66. The summed E-state index contributed by atoms with van der Waals surface area (Å²) in [5, 5.41) is 16.9. The lowest BCUT2D eigenvalue weighted by molar-refractivity contribution is -0.274. The first-order valence-corrected chi connectivity index (χ1v) is 8.72. The second-order valence-corrected chi connectivity index (χ2v) is 6.66. The van der Waals surface area contributed by atoms with Crippen LogP contribution in [0.4, 0.5) is 24.7 Å². The van der Waals surface area contributed by atoms with Gasteiger partial charge in [0.25, 0.3) is 5.91 Å². The Balaban J connectivity index is 1.82. The molecule has 1 saturated carbocycles. The number of carbonyl (C=O) groups excluding carboxylic acids is 1. The number of ether oxygens (including phenoxy) is 1. The largest absolute Gasteiger partial charge is 0.573 e. The molecule has 1 aromatic carbocycles. The lowest BCUT2D eigenvalue weighted by Gasteiger charge is -2.26. The van der Waals surface area contributed by atoms with Gasteiger partial charge in [-0.1, -0.05) is 0 Å². The summed E-state index contributed by atoms with van der Waals surface area (Å²) in [6, 6.07) is 4.09. The van der Waals surface area contributed by atoms with Crippen LogP contribution in [-0.4, -0.2) is 39.3 Å². The molecule has 1 aliphatic rings. The fourth-order valence-corrected chi connectivity index (χ4v) is 3.27. The summed E-state index contributed by atoms with van der Waals surface area (Å²) in [5.41, 5.74) is 5.86. The molecule has 1 aliphatic carbocycles. The molecule has 1 amide bonds. The van der Waals surface area contributed by atoms with E-state index in [4.69, 9.17) is 12.3 Å². The number of halogens is 3. The minimum absolute atomic E-state index is 0.0791. The number of primary amides is 1. The van der Waals surface area contributed by atoms with E-state index in [0.717, 1.165) is 12.1 Å². The monoisotopic (exact) mass is 409 g/mol. The molecule has 0 radical (unpaired) electrons. The van der Waals surface area contributed by atoms with Crippen LogP contribution in [0.25, 0.3) is 4.85 Å². The molecule has 154 valence electrons. The molecular formula is C18H18F3N5O3. The highest BCUT2D eigenvalue weighted by atomic mass is 19.4. The summed E-state index contributed by atoms with van der Waals surface area (Å²) >= 11 is 0. The number of rotatable bonds is 5. The quantitative estimate of drug-likeness (QED) is 0.659. The van der Waals surface area contributed by atoms with Crippen LogP contribution in [0, 0.1) is 6.57 Å². The Bertz CT molecular complexity index is 920. The lowest BCUT2D eigenvalue weighted by atomic mass is 9.89. The van der Waals surface area contributed by atoms with Crippen molar-refractivity contribution in [2.45, 2.75) is 43.8 Å². The summed E-state index contributed by atoms with van der Waals surface area (Å²) < 4.78 is 42.1. The van der Waals surface area contributed by atoms with Gasteiger partial charge in [0, 0.05) is 11.9 Å². The van der Waals surface area contributed by atoms with Crippen molar-refractivity contribution in [3.05, 3.63) is 47.4 Å². The van der Waals surface area contributed by atoms with Gasteiger partial charge in [0.2, 0.25) is 6.04 Å². The van der Waals surface area contributed by atoms with Crippen molar-refractivity contribution in [3.8, 4) is 5.75 Å². The molecule has 1 fully saturated rings. The van der Waals surface area contributed by atoms with Crippen molar-refractivity contribution in [3.63, 3.8) is 0 Å². The average Bonchev–Trinajstić information content (AvgIpc) is 3.06. The van der Waals surface area contributed by atoms with Crippen LogP contribution in [0.1, 0.15) is 35.7 Å². The maximum Gasteiger partial charge on any atom is 0.573 e. The number of alkyl halides is 3. The maximum atomic E-state index is 12.3. The number of anilines is 2. The van der Waals surface area contributed by atoms with Crippen LogP contribution in [-0.2, 0) is 0 Å². The fraction of sp³-hybridized carbons (Fsp3) is 0.389. The Kier molecular flexibility index (Phi) is 5.65. The molecule has 0 saturated heterocycles. The third-order valence-electron chi connectivity index (χ3n) is 4.61. The highest BCUT2D eigenvalue weighted by Crippen LogP contribution is 2.33. The minimum Gasteiger partial charge on any atom is -0.406 e. The summed E-state index contributed by atoms with van der Waals surface area (Å²) in [6.07, 6.45) is -2.58. The summed E-state index contributed by atoms with van der Waals surface area (Å²) in [7, 11) is 0. The first-order chi connectivity index (χ1) is 13.7. The third-order valence-corrected chi connectivity index (χ3v) is 4.61. The van der Waals surface area contributed by atoms with Gasteiger partial charge in [-0.15, -0.1) is 13.2 Å². The topological polar surface area (TPSA) is 107 Å². The van der Waals surface area contributed by atoms with Crippen LogP contribution < -0.4 is 15.8 Å². The van der Waals surface area contributed by atoms with E-state index >= 15 is 0 Å². The Morgan fingerprint density at radius 3 is 2.62 bits per heavy atom. The van der Waals surface area contributed by atoms with Gasteiger partial charge in [-0.3, -0.25) is 9.48 Å². The summed E-state index contributed by atoms with van der Waals surface area (Å²) in [6.45, 7) is 7.35. The molecule has 1 aromatic heterocycles. The number of amides is 1. The molecule has 0 aliphatic heterocycles. The standard InChI is InChI=1S/C18H18F3N5O3/c1-23-14-8-11(27)4-7-15(14)26-9-13(16(22)28)17(25-26)24-10-2-5-12(6-3-10)29-18(19,20)21/h2-3,5-6,9,11,14-15,27H,4,7-8H2,(H2,22,28)(H,24,25)/t11-,14+,15+/m1/s1. The number of aliphatic hydroxyl groups excluding tert-OH is 1. The van der Waals surface area contributed by atoms with Crippen LogP contribution in [0.15, 0.2) is 30.5 Å². The number of benzene rings is 1. The number of aliphatic hydroxyl groups is 1. The highest BCUT2D eigenvalue weighted by Gasteiger charge is 2.36. The molecule has 2 aromatic rings. The Labute approximate surface area is 163 Å². The van der Waals surface area contributed by atoms with E-state index < -0.39 is 24.4 Å². The number of carbonyl (C=O) groups is 1. The zero-order chi connectivity index (χ0) is 21.2. The number of nitrogens with zero attached hydrogens (tertiary/aromatic N) is 3. The van der Waals surface area contributed by atoms with Gasteiger partial charge < -0.3 is 25.7 Å². The number of nitrogens with two attached hydrogens (primary N) is 1. The van der Waals surface area contributed by atoms with Crippen LogP contribution in [0.2, 0.25) is 0 Å². The predicted octanol–water partition coefficient (Wildman–Crippen LogP) is 3.00. The first-order valence-electron chi connectivity index (χ1n) is 8.72. The normalized spacial score (nSPS) is 22.0. The molecule has 4 N–H and O–H groups in total. The second kappa shape index (κ2) is 8.00. The molecule has 0 unspecified atom stereocenters. The van der Waals surface area contributed by atoms with Crippen LogP contribution in [0.3, 0.4) is 0 Å². The molecule has 11 heteroatoms. The average molecular weight is 409 g/mol. The Morgan fingerprint density at radius 1 is 1.34 bits per heavy atom. The van der Waals surface area contributed by atoms with E-state index in [9.17, 15) is 23.1 Å². The molecule has 1 heterocycles. The molecule has 8 nitrogen and oxygen atoms in total. The van der Waals surface area contributed by atoms with Crippen molar-refractivity contribution in [2.24, 2.45) is 5.73 Å². The van der Waals surface area contributed by atoms with Crippen molar-refractivity contribution in [1.82, 2.24) is 9.78 Å². The number of hydrogen-bond acceptors (Lipinski definition) is 5. The van der Waals surface area contributed by atoms with Crippen molar-refractivity contribution in [2.75, 3.05) is 5.32 Å². The van der Waals surface area contributed by atoms with Gasteiger partial charge in [-0.2, -0.15) is 5.10 Å². The van der Waals surface area contributed by atoms with Gasteiger partial charge in [0.15, 0.2) is 5.82 Å². The molecule has 29 heavy (non-hydrogen) atoms. The lowest BCUT2D eigenvalue weighted by Crippen LogP contribution is -2.32. The third kappa shape index (κ3) is 4.97. The van der Waals surface area contributed by atoms with E-state index in [1.54, 1.807) is 0 Å². The number of hydrogen-bond donors (Lipinski definition) is 3. The van der Waals surface area contributed by atoms with Crippen molar-refractivity contribution in [1.29, 1.82) is 0 Å². The maximum absolute atomic E-state index is 12.3. The minimum atomic E-state index is -4.79. The fourth-order valence-electron chi connectivity index (χ4n) is 3.27. The van der Waals surface area contributed by atoms with E-state index in [-0.39, 0.29) is 23.2 Å². The smallest absolute Gasteiger partial charge is 0.406 e. The highest BCUT2D eigenvalue weighted by molar-refractivity contribution is 5.98. The summed E-state index contributed by atoms with van der Waals surface area (Å²) in [5.74, 6) is -1.01. The molecule has 3 atom stereocenters. The SMILES string of the molecule is [C-]#[N+][C@H]1C[C@H](O)CC[C@@H]1n1cc(C(N)=O)c(Nc2ccc(OC(F)(F)F)cc2)n1. The zero-order valence-corrected chi connectivity index (χ0v) is 15.1. The Hall–Kier alpha value is -3.26. The van der Waals surface area contributed by atoms with Gasteiger partial charge in [-0.25, -0.2) is 6.57 Å². The van der Waals surface area contributed by atoms with Gasteiger partial charge in [-0.05, 0) is 37.1 Å². The summed E-state index contributed by atoms with van der Waals surface area (Å²) in [4.78, 5) is 15.4. The van der Waals surface area contributed by atoms with Crippen LogP contribution >= 0.6 is 0 Å². The van der Waals surface area contributed by atoms with Gasteiger partial charge in [0.05, 0.1) is 12.5 Å². The van der Waals surface area contributed by atoms with E-state index in [1.807, 2.05) is 0 Å². The van der Waals surface area contributed by atoms with E-state index in [0.29, 0.717) is 24.9 Å². The molecule has 0 bridgehead atoms. The predicted molar refractivity (Wildman–Crippen MR) is 96.4 cm³/mol. The molecular weight excluding hydrogens is 391 g/mol. The Morgan fingerprint density at radius 2 is 2.03 bits per heavy atom. The van der Waals surface area contributed by atoms with Crippen molar-refractivity contribution < 1.29 is 27.8 Å².